The predicted molar refractivity (Wildman–Crippen MR) is 168 cm³/mol. The van der Waals surface area contributed by atoms with E-state index in [-0.39, 0.29) is 37.2 Å². The van der Waals surface area contributed by atoms with Gasteiger partial charge in [0, 0.05) is 24.0 Å². The number of benzene rings is 4. The van der Waals surface area contributed by atoms with E-state index in [4.69, 9.17) is 26.8 Å². The van der Waals surface area contributed by atoms with Crippen LogP contribution in [0, 0.1) is 0 Å². The highest BCUT2D eigenvalue weighted by Gasteiger charge is 2.43. The molecule has 0 saturated carbocycles. The maximum Gasteiger partial charge on any atom is 0.250 e. The SMILES string of the molecule is CC1CCN(C(Cc2ccc3ccccc3c2)C(N)=O)C(=O)C(c2cccc(Cl)c2)N1C(=O)Cc1ccc2c(c1)OC=CO2. The predicted octanol–water partition coefficient (Wildman–Crippen LogP) is 5.57. The van der Waals surface area contributed by atoms with E-state index in [1.807, 2.05) is 49.4 Å². The van der Waals surface area contributed by atoms with Gasteiger partial charge in [-0.1, -0.05) is 72.3 Å². The Bertz CT molecular complexity index is 1770. The lowest BCUT2D eigenvalue weighted by Gasteiger charge is -2.36. The molecule has 0 aliphatic carbocycles. The Morgan fingerprint density at radius 3 is 2.43 bits per heavy atom. The first kappa shape index (κ1) is 29.3. The molecule has 3 amide bonds. The average molecular weight is 610 g/mol. The van der Waals surface area contributed by atoms with Gasteiger partial charge in [0.25, 0.3) is 5.91 Å². The largest absolute Gasteiger partial charge is 0.458 e. The minimum Gasteiger partial charge on any atom is -0.458 e. The van der Waals surface area contributed by atoms with E-state index < -0.39 is 18.0 Å². The maximum absolute atomic E-state index is 14.5. The van der Waals surface area contributed by atoms with Crippen LogP contribution < -0.4 is 15.2 Å². The summed E-state index contributed by atoms with van der Waals surface area (Å²) in [6.07, 6.45) is 3.62. The third-order valence-corrected chi connectivity index (χ3v) is 8.50. The number of carbonyl (C=O) groups is 3. The Morgan fingerprint density at radius 2 is 1.66 bits per heavy atom. The van der Waals surface area contributed by atoms with Crippen molar-refractivity contribution >= 4 is 40.1 Å². The number of fused-ring (bicyclic) bond motifs is 2. The molecular weight excluding hydrogens is 578 g/mol. The minimum absolute atomic E-state index is 0.0331. The highest BCUT2D eigenvalue weighted by molar-refractivity contribution is 6.30. The highest BCUT2D eigenvalue weighted by atomic mass is 35.5. The molecule has 9 heteroatoms. The topological polar surface area (TPSA) is 102 Å². The molecular formula is C35H32ClN3O5. The molecule has 224 valence electrons. The molecule has 3 unspecified atom stereocenters. The maximum atomic E-state index is 14.5. The number of ether oxygens (including phenoxy) is 2. The van der Waals surface area contributed by atoms with Crippen LogP contribution in [-0.2, 0) is 27.2 Å². The zero-order valence-corrected chi connectivity index (χ0v) is 24.9. The van der Waals surface area contributed by atoms with E-state index in [2.05, 4.69) is 0 Å². The molecule has 0 bridgehead atoms. The van der Waals surface area contributed by atoms with Crippen molar-refractivity contribution in [1.82, 2.24) is 9.80 Å². The molecule has 0 spiro atoms. The van der Waals surface area contributed by atoms with Gasteiger partial charge in [0.05, 0.1) is 6.42 Å². The molecule has 4 aromatic rings. The van der Waals surface area contributed by atoms with E-state index in [0.717, 1.165) is 16.3 Å². The van der Waals surface area contributed by atoms with Gasteiger partial charge >= 0.3 is 0 Å². The second-order valence-corrected chi connectivity index (χ2v) is 11.6. The molecule has 44 heavy (non-hydrogen) atoms. The van der Waals surface area contributed by atoms with Gasteiger partial charge in [-0.25, -0.2) is 0 Å². The van der Waals surface area contributed by atoms with E-state index in [0.29, 0.717) is 34.1 Å². The summed E-state index contributed by atoms with van der Waals surface area (Å²) in [7, 11) is 0. The van der Waals surface area contributed by atoms with Crippen LogP contribution in [-0.4, -0.2) is 46.1 Å². The van der Waals surface area contributed by atoms with Crippen molar-refractivity contribution in [3.63, 3.8) is 0 Å². The molecule has 2 N–H and O–H groups in total. The van der Waals surface area contributed by atoms with Crippen LogP contribution in [0.3, 0.4) is 0 Å². The van der Waals surface area contributed by atoms with Crippen LogP contribution in [0.15, 0.2) is 97.5 Å². The Morgan fingerprint density at radius 1 is 0.909 bits per heavy atom. The summed E-state index contributed by atoms with van der Waals surface area (Å²) >= 11 is 6.38. The Balaban J connectivity index is 1.34. The van der Waals surface area contributed by atoms with Crippen LogP contribution in [0.2, 0.25) is 5.02 Å². The third kappa shape index (κ3) is 5.98. The number of nitrogens with zero attached hydrogens (tertiary/aromatic N) is 2. The molecule has 0 radical (unpaired) electrons. The standard InChI is InChI=1S/C35H32ClN3O5/c1-22-13-14-38(29(34(37)41)18-23-9-11-25-5-2-3-6-26(25)17-23)35(42)33(27-7-4-8-28(36)21-27)39(22)32(40)20-24-10-12-30-31(19-24)44-16-15-43-30/h2-12,15-17,19,21-22,29,33H,13-14,18,20H2,1H3,(H2,37,41). The number of halogens is 1. The molecule has 0 aromatic heterocycles. The van der Waals surface area contributed by atoms with Gasteiger partial charge in [0.1, 0.15) is 24.6 Å². The molecule has 3 atom stereocenters. The van der Waals surface area contributed by atoms with Crippen LogP contribution in [0.25, 0.3) is 10.8 Å². The Kier molecular flexibility index (Phi) is 8.26. The molecule has 1 saturated heterocycles. The van der Waals surface area contributed by atoms with Gasteiger partial charge in [-0.2, -0.15) is 0 Å². The van der Waals surface area contributed by atoms with Gasteiger partial charge < -0.3 is 25.0 Å². The van der Waals surface area contributed by atoms with Gasteiger partial charge in [0.2, 0.25) is 11.8 Å². The fourth-order valence-electron chi connectivity index (χ4n) is 6.06. The van der Waals surface area contributed by atoms with Crippen molar-refractivity contribution in [2.24, 2.45) is 5.73 Å². The van der Waals surface area contributed by atoms with E-state index >= 15 is 0 Å². The first-order valence-corrected chi connectivity index (χ1v) is 14.9. The smallest absolute Gasteiger partial charge is 0.250 e. The number of carbonyl (C=O) groups excluding carboxylic acids is 3. The summed E-state index contributed by atoms with van der Waals surface area (Å²) < 4.78 is 11.0. The monoisotopic (exact) mass is 609 g/mol. The van der Waals surface area contributed by atoms with E-state index in [9.17, 15) is 14.4 Å². The normalized spacial score (nSPS) is 18.6. The molecule has 6 rings (SSSR count). The fourth-order valence-corrected chi connectivity index (χ4v) is 6.26. The third-order valence-electron chi connectivity index (χ3n) is 8.27. The summed E-state index contributed by atoms with van der Waals surface area (Å²) in [5, 5.41) is 2.55. The summed E-state index contributed by atoms with van der Waals surface area (Å²) in [5.41, 5.74) is 8.14. The van der Waals surface area contributed by atoms with E-state index in [1.54, 1.807) is 52.3 Å². The molecule has 2 aliphatic heterocycles. The molecule has 8 nitrogen and oxygen atoms in total. The van der Waals surface area contributed by atoms with Gasteiger partial charge in [-0.05, 0) is 65.1 Å². The quantitative estimate of drug-likeness (QED) is 0.295. The Hall–Kier alpha value is -4.82. The summed E-state index contributed by atoms with van der Waals surface area (Å²) in [6.45, 7) is 2.18. The number of primary amides is 1. The van der Waals surface area contributed by atoms with Crippen molar-refractivity contribution in [2.75, 3.05) is 6.54 Å². The van der Waals surface area contributed by atoms with Gasteiger partial charge in [0.15, 0.2) is 11.5 Å². The zero-order valence-electron chi connectivity index (χ0n) is 24.2. The molecule has 4 aromatic carbocycles. The number of rotatable bonds is 7. The second-order valence-electron chi connectivity index (χ2n) is 11.2. The average Bonchev–Trinajstić information content (AvgIpc) is 3.15. The van der Waals surface area contributed by atoms with Crippen LogP contribution in [0.5, 0.6) is 11.5 Å². The lowest BCUT2D eigenvalue weighted by molar-refractivity contribution is -0.148. The van der Waals surface area contributed by atoms with Gasteiger partial charge in [-0.3, -0.25) is 14.4 Å². The van der Waals surface area contributed by atoms with Crippen LogP contribution in [0.4, 0.5) is 0 Å². The molecule has 1 fully saturated rings. The number of hydrogen-bond acceptors (Lipinski definition) is 5. The van der Waals surface area contributed by atoms with Crippen molar-refractivity contribution in [2.45, 2.75) is 44.3 Å². The number of hydrogen-bond donors (Lipinski definition) is 1. The minimum atomic E-state index is -1.00. The summed E-state index contributed by atoms with van der Waals surface area (Å²) in [4.78, 5) is 44.8. The van der Waals surface area contributed by atoms with Crippen molar-refractivity contribution in [3.8, 4) is 11.5 Å². The number of nitrogens with two attached hydrogens (primary N) is 1. The fraction of sp³-hybridized carbons (Fsp3) is 0.229. The van der Waals surface area contributed by atoms with E-state index in [1.165, 1.54) is 12.5 Å². The van der Waals surface area contributed by atoms with Crippen molar-refractivity contribution < 1.29 is 23.9 Å². The summed E-state index contributed by atoms with van der Waals surface area (Å²) in [6, 6.07) is 24.0. The van der Waals surface area contributed by atoms with Gasteiger partial charge in [-0.15, -0.1) is 0 Å². The zero-order chi connectivity index (χ0) is 30.8. The van der Waals surface area contributed by atoms with Crippen molar-refractivity contribution in [3.05, 3.63) is 119 Å². The number of amides is 3. The van der Waals surface area contributed by atoms with Crippen LogP contribution >= 0.6 is 11.6 Å². The first-order chi connectivity index (χ1) is 21.3. The summed E-state index contributed by atoms with van der Waals surface area (Å²) in [5.74, 6) is -0.155. The molecule has 2 aliphatic rings. The Labute approximate surface area is 260 Å². The van der Waals surface area contributed by atoms with Crippen molar-refractivity contribution in [1.29, 1.82) is 0 Å². The second kappa shape index (κ2) is 12.4. The highest BCUT2D eigenvalue weighted by Crippen LogP contribution is 2.35. The van der Waals surface area contributed by atoms with Crippen LogP contribution in [0.1, 0.15) is 36.1 Å². The lowest BCUT2D eigenvalue weighted by atomic mass is 9.98. The first-order valence-electron chi connectivity index (χ1n) is 14.5. The lowest BCUT2D eigenvalue weighted by Crippen LogP contribution is -2.52. The molecule has 2 heterocycles.